The first kappa shape index (κ1) is 10.2. The van der Waals surface area contributed by atoms with Crippen LogP contribution in [0.15, 0.2) is 12.2 Å². The molecule has 0 fully saturated rings. The van der Waals surface area contributed by atoms with Gasteiger partial charge >= 0.3 is 5.97 Å². The van der Waals surface area contributed by atoms with Crippen molar-refractivity contribution < 1.29 is 15.0 Å². The molecule has 1 unspecified atom stereocenters. The number of allylic oxidation sites excluding steroid dienone is 1. The maximum absolute atomic E-state index is 10.3. The van der Waals surface area contributed by atoms with Gasteiger partial charge < -0.3 is 10.2 Å². The Kier molecular flexibility index (Phi) is 3.26. The third-order valence-corrected chi connectivity index (χ3v) is 1.53. The molecule has 0 aromatic heterocycles. The summed E-state index contributed by atoms with van der Waals surface area (Å²) in [5, 5.41) is 17.6. The molecule has 0 aliphatic rings. The van der Waals surface area contributed by atoms with Crippen molar-refractivity contribution in [1.82, 2.24) is 0 Å². The highest BCUT2D eigenvalue weighted by Gasteiger charge is 2.30. The molecule has 0 saturated carbocycles. The molecule has 0 aromatic carbocycles. The van der Waals surface area contributed by atoms with Crippen LogP contribution in [0.4, 0.5) is 0 Å². The lowest BCUT2D eigenvalue weighted by atomic mass is 9.86. The molecule has 0 spiro atoms. The predicted octanol–water partition coefficient (Wildman–Crippen LogP) is 1.03. The van der Waals surface area contributed by atoms with Gasteiger partial charge in [-0.15, -0.1) is 0 Å². The summed E-state index contributed by atoms with van der Waals surface area (Å²) in [6, 6.07) is 0. The fourth-order valence-corrected chi connectivity index (χ4v) is 0.839. The second kappa shape index (κ2) is 3.53. The van der Waals surface area contributed by atoms with Crippen LogP contribution in [0.5, 0.6) is 0 Å². The van der Waals surface area contributed by atoms with Gasteiger partial charge in [-0.05, 0) is 6.92 Å². The molecule has 3 nitrogen and oxygen atoms in total. The molecule has 0 bridgehead atoms. The minimum atomic E-state index is -1.33. The van der Waals surface area contributed by atoms with Crippen molar-refractivity contribution in [2.45, 2.75) is 26.9 Å². The first-order chi connectivity index (χ1) is 4.91. The van der Waals surface area contributed by atoms with Gasteiger partial charge in [-0.1, -0.05) is 26.0 Å². The van der Waals surface area contributed by atoms with Crippen LogP contribution in [0.25, 0.3) is 0 Å². The molecule has 0 rings (SSSR count). The summed E-state index contributed by atoms with van der Waals surface area (Å²) in [7, 11) is 0. The van der Waals surface area contributed by atoms with Gasteiger partial charge in [0, 0.05) is 5.41 Å². The molecule has 0 aliphatic heterocycles. The van der Waals surface area contributed by atoms with E-state index in [1.807, 2.05) is 0 Å². The molecule has 0 amide bonds. The number of aliphatic carboxylic acids is 1. The minimum absolute atomic E-state index is 0.694. The third kappa shape index (κ3) is 2.72. The Morgan fingerprint density at radius 3 is 2.27 bits per heavy atom. The van der Waals surface area contributed by atoms with Gasteiger partial charge in [-0.2, -0.15) is 0 Å². The van der Waals surface area contributed by atoms with E-state index in [0.29, 0.717) is 0 Å². The summed E-state index contributed by atoms with van der Waals surface area (Å²) >= 11 is 0. The van der Waals surface area contributed by atoms with E-state index in [-0.39, 0.29) is 0 Å². The van der Waals surface area contributed by atoms with Crippen LogP contribution in [0.2, 0.25) is 0 Å². The molecule has 1 atom stereocenters. The van der Waals surface area contributed by atoms with Crippen LogP contribution in [0.3, 0.4) is 0 Å². The molecule has 11 heavy (non-hydrogen) atoms. The third-order valence-electron chi connectivity index (χ3n) is 1.53. The van der Waals surface area contributed by atoms with Crippen LogP contribution in [-0.2, 0) is 4.79 Å². The number of aliphatic hydroxyl groups is 1. The van der Waals surface area contributed by atoms with Gasteiger partial charge in [0.2, 0.25) is 0 Å². The summed E-state index contributed by atoms with van der Waals surface area (Å²) in [6.07, 6.45) is 2.07. The van der Waals surface area contributed by atoms with E-state index < -0.39 is 17.5 Å². The fraction of sp³-hybridized carbons (Fsp3) is 0.625. The zero-order chi connectivity index (χ0) is 9.07. The van der Waals surface area contributed by atoms with Gasteiger partial charge in [0.05, 0.1) is 0 Å². The smallest absolute Gasteiger partial charge is 0.333 e. The summed E-state index contributed by atoms with van der Waals surface area (Å²) < 4.78 is 0. The largest absolute Gasteiger partial charge is 0.479 e. The normalized spacial score (nSPS) is 15.3. The molecule has 0 aliphatic carbocycles. The van der Waals surface area contributed by atoms with Gasteiger partial charge in [0.1, 0.15) is 0 Å². The highest BCUT2D eigenvalue weighted by atomic mass is 16.4. The molecule has 0 saturated heterocycles. The van der Waals surface area contributed by atoms with Crippen molar-refractivity contribution >= 4 is 5.97 Å². The summed E-state index contributed by atoms with van der Waals surface area (Å²) in [6.45, 7) is 5.13. The van der Waals surface area contributed by atoms with Gasteiger partial charge in [-0.3, -0.25) is 0 Å². The molecule has 0 aromatic rings. The number of carboxylic acid groups (broad SMARTS) is 1. The van der Waals surface area contributed by atoms with Crippen LogP contribution in [0, 0.1) is 5.41 Å². The molecular formula is C8H14O3. The molecule has 0 heterocycles. The van der Waals surface area contributed by atoms with Crippen molar-refractivity contribution in [3.63, 3.8) is 0 Å². The maximum Gasteiger partial charge on any atom is 0.333 e. The zero-order valence-electron chi connectivity index (χ0n) is 7.03. The second-order valence-electron chi connectivity index (χ2n) is 3.06. The summed E-state index contributed by atoms with van der Waals surface area (Å²) in [4.78, 5) is 10.3. The van der Waals surface area contributed by atoms with E-state index in [1.165, 1.54) is 0 Å². The van der Waals surface area contributed by atoms with Crippen LogP contribution in [-0.4, -0.2) is 22.3 Å². The number of carbonyl (C=O) groups is 1. The Hall–Kier alpha value is -0.830. The van der Waals surface area contributed by atoms with Crippen LogP contribution >= 0.6 is 0 Å². The monoisotopic (exact) mass is 158 g/mol. The number of aliphatic hydroxyl groups excluding tert-OH is 1. The van der Waals surface area contributed by atoms with Gasteiger partial charge in [-0.25, -0.2) is 4.79 Å². The molecule has 2 N–H and O–H groups in total. The lowest BCUT2D eigenvalue weighted by Gasteiger charge is -2.23. The lowest BCUT2D eigenvalue weighted by Crippen LogP contribution is -2.34. The topological polar surface area (TPSA) is 57.5 Å². The average molecular weight is 158 g/mol. The number of hydrogen-bond donors (Lipinski definition) is 2. The van der Waals surface area contributed by atoms with Crippen molar-refractivity contribution in [3.8, 4) is 0 Å². The molecule has 3 heteroatoms. The summed E-state index contributed by atoms with van der Waals surface area (Å²) in [5.74, 6) is -1.19. The highest BCUT2D eigenvalue weighted by molar-refractivity contribution is 5.73. The fourth-order valence-electron chi connectivity index (χ4n) is 0.839. The number of rotatable bonds is 3. The van der Waals surface area contributed by atoms with E-state index in [0.717, 1.165) is 0 Å². The Bertz CT molecular complexity index is 170. The van der Waals surface area contributed by atoms with Crippen molar-refractivity contribution in [2.24, 2.45) is 5.41 Å². The Morgan fingerprint density at radius 1 is 1.55 bits per heavy atom. The van der Waals surface area contributed by atoms with E-state index in [4.69, 9.17) is 10.2 Å². The quantitative estimate of drug-likeness (QED) is 0.603. The highest BCUT2D eigenvalue weighted by Crippen LogP contribution is 2.22. The molecule has 64 valence electrons. The molecule has 0 radical (unpaired) electrons. The zero-order valence-corrected chi connectivity index (χ0v) is 7.03. The Morgan fingerprint density at radius 2 is 2.00 bits per heavy atom. The SMILES string of the molecule is C/C=C/C(C)(C)C(O)C(=O)O. The van der Waals surface area contributed by atoms with E-state index in [2.05, 4.69) is 0 Å². The van der Waals surface area contributed by atoms with Crippen LogP contribution in [0.1, 0.15) is 20.8 Å². The second-order valence-corrected chi connectivity index (χ2v) is 3.06. The van der Waals surface area contributed by atoms with Gasteiger partial charge in [0.15, 0.2) is 6.10 Å². The number of carboxylic acids is 1. The van der Waals surface area contributed by atoms with E-state index in [1.54, 1.807) is 32.9 Å². The van der Waals surface area contributed by atoms with Crippen molar-refractivity contribution in [3.05, 3.63) is 12.2 Å². The van der Waals surface area contributed by atoms with Crippen molar-refractivity contribution in [2.75, 3.05) is 0 Å². The van der Waals surface area contributed by atoms with Crippen molar-refractivity contribution in [1.29, 1.82) is 0 Å². The Labute approximate surface area is 66.4 Å². The molecular weight excluding hydrogens is 144 g/mol. The minimum Gasteiger partial charge on any atom is -0.479 e. The van der Waals surface area contributed by atoms with Gasteiger partial charge in [0.25, 0.3) is 0 Å². The van der Waals surface area contributed by atoms with E-state index in [9.17, 15) is 4.79 Å². The average Bonchev–Trinajstić information content (AvgIpc) is 1.86. The maximum atomic E-state index is 10.3. The predicted molar refractivity (Wildman–Crippen MR) is 42.2 cm³/mol. The first-order valence-corrected chi connectivity index (χ1v) is 3.46. The standard InChI is InChI=1S/C8H14O3/c1-4-5-8(2,3)6(9)7(10)11/h4-6,9H,1-3H3,(H,10,11)/b5-4+. The number of hydrogen-bond acceptors (Lipinski definition) is 2. The van der Waals surface area contributed by atoms with Crippen LogP contribution < -0.4 is 0 Å². The lowest BCUT2D eigenvalue weighted by molar-refractivity contribution is -0.151. The summed E-state index contributed by atoms with van der Waals surface area (Å²) in [5.41, 5.74) is -0.694. The Balaban J connectivity index is 4.41. The van der Waals surface area contributed by atoms with E-state index >= 15 is 0 Å². The first-order valence-electron chi connectivity index (χ1n) is 3.46.